The molecule has 0 bridgehead atoms. The number of hydrazone groups is 1. The van der Waals surface area contributed by atoms with Crippen LogP contribution in [-0.4, -0.2) is 31.4 Å². The number of aryl methyl sites for hydroxylation is 1. The van der Waals surface area contributed by atoms with Crippen molar-refractivity contribution in [1.82, 2.24) is 4.98 Å². The molecule has 26 heavy (non-hydrogen) atoms. The Bertz CT molecular complexity index is 839. The van der Waals surface area contributed by atoms with Crippen LogP contribution < -0.4 is 5.43 Å². The lowest BCUT2D eigenvalue weighted by Crippen LogP contribution is -2.04. The molecule has 0 saturated carbocycles. The Hall–Kier alpha value is -3.24. The third-order valence-electron chi connectivity index (χ3n) is 3.60. The Morgan fingerprint density at radius 3 is 2.69 bits per heavy atom. The molecule has 0 radical (unpaired) electrons. The standard InChI is InChI=1S/C19H20N4O3/c1-13-10-16(12-25-2)17(11-20)18(22-13)23-21-9-8-14-4-6-15(7-5-14)19(24)26-3/h4-7,9-10H,8,12H2,1-3H3,(H,22,23)/b21-9-. The van der Waals surface area contributed by atoms with Gasteiger partial charge in [0.25, 0.3) is 0 Å². The van der Waals surface area contributed by atoms with Gasteiger partial charge in [0.05, 0.1) is 19.3 Å². The predicted molar refractivity (Wildman–Crippen MR) is 98.0 cm³/mol. The van der Waals surface area contributed by atoms with Crippen LogP contribution >= 0.6 is 0 Å². The number of rotatable bonds is 7. The summed E-state index contributed by atoms with van der Waals surface area (Å²) in [7, 11) is 2.93. The molecule has 7 heteroatoms. The predicted octanol–water partition coefficient (Wildman–Crippen LogP) is 2.84. The average molecular weight is 352 g/mol. The van der Waals surface area contributed by atoms with Crippen LogP contribution in [0.1, 0.15) is 32.7 Å². The van der Waals surface area contributed by atoms with Crippen molar-refractivity contribution < 1.29 is 14.3 Å². The highest BCUT2D eigenvalue weighted by Crippen LogP contribution is 2.19. The van der Waals surface area contributed by atoms with Gasteiger partial charge in [0.15, 0.2) is 5.82 Å². The minimum atomic E-state index is -0.367. The first-order chi connectivity index (χ1) is 12.6. The quantitative estimate of drug-likeness (QED) is 0.467. The van der Waals surface area contributed by atoms with Crippen molar-refractivity contribution in [1.29, 1.82) is 5.26 Å². The summed E-state index contributed by atoms with van der Waals surface area (Å²) in [6.07, 6.45) is 2.24. The number of carbonyl (C=O) groups excluding carboxylic acids is 1. The number of hydrogen-bond donors (Lipinski definition) is 1. The van der Waals surface area contributed by atoms with Crippen molar-refractivity contribution in [2.24, 2.45) is 5.10 Å². The van der Waals surface area contributed by atoms with Crippen LogP contribution in [0.2, 0.25) is 0 Å². The molecular weight excluding hydrogens is 332 g/mol. The lowest BCUT2D eigenvalue weighted by Gasteiger charge is -2.09. The lowest BCUT2D eigenvalue weighted by molar-refractivity contribution is 0.0600. The second kappa shape index (κ2) is 9.30. The maximum Gasteiger partial charge on any atom is 0.337 e. The number of anilines is 1. The molecule has 7 nitrogen and oxygen atoms in total. The van der Waals surface area contributed by atoms with E-state index in [0.717, 1.165) is 16.8 Å². The molecule has 134 valence electrons. The Labute approximate surface area is 152 Å². The number of ether oxygens (including phenoxy) is 2. The molecule has 1 aromatic heterocycles. The third kappa shape index (κ3) is 4.88. The van der Waals surface area contributed by atoms with Crippen molar-refractivity contribution in [3.63, 3.8) is 0 Å². The van der Waals surface area contributed by atoms with Crippen molar-refractivity contribution in [3.05, 3.63) is 58.3 Å². The first-order valence-corrected chi connectivity index (χ1v) is 7.93. The molecule has 0 atom stereocenters. The van der Waals surface area contributed by atoms with Gasteiger partial charge in [-0.2, -0.15) is 10.4 Å². The zero-order chi connectivity index (χ0) is 18.9. The molecular formula is C19H20N4O3. The van der Waals surface area contributed by atoms with E-state index in [9.17, 15) is 10.1 Å². The molecule has 2 aromatic rings. The molecule has 0 amide bonds. The van der Waals surface area contributed by atoms with E-state index in [-0.39, 0.29) is 5.97 Å². The molecule has 1 aromatic carbocycles. The van der Waals surface area contributed by atoms with E-state index in [0.29, 0.717) is 30.0 Å². The van der Waals surface area contributed by atoms with Crippen LogP contribution in [0, 0.1) is 18.3 Å². The first-order valence-electron chi connectivity index (χ1n) is 7.93. The smallest absolute Gasteiger partial charge is 0.337 e. The van der Waals surface area contributed by atoms with Crippen LogP contribution in [0.15, 0.2) is 35.4 Å². The molecule has 0 aliphatic rings. The summed E-state index contributed by atoms with van der Waals surface area (Å²) >= 11 is 0. The molecule has 1 N–H and O–H groups in total. The van der Waals surface area contributed by atoms with Crippen molar-refractivity contribution in [2.75, 3.05) is 19.6 Å². The topological polar surface area (TPSA) is 96.6 Å². The molecule has 2 rings (SSSR count). The highest BCUT2D eigenvalue weighted by molar-refractivity contribution is 5.89. The number of hydrogen-bond acceptors (Lipinski definition) is 7. The maximum atomic E-state index is 11.4. The summed E-state index contributed by atoms with van der Waals surface area (Å²) in [5, 5.41) is 13.5. The van der Waals surface area contributed by atoms with Gasteiger partial charge in [-0.05, 0) is 30.7 Å². The monoisotopic (exact) mass is 352 g/mol. The van der Waals surface area contributed by atoms with Gasteiger partial charge in [-0.1, -0.05) is 12.1 Å². The van der Waals surface area contributed by atoms with Crippen molar-refractivity contribution in [2.45, 2.75) is 20.0 Å². The maximum absolute atomic E-state index is 11.4. The number of nitrogens with one attached hydrogen (secondary N) is 1. The minimum Gasteiger partial charge on any atom is -0.465 e. The fraction of sp³-hybridized carbons (Fsp3) is 0.263. The van der Waals surface area contributed by atoms with Crippen LogP contribution in [0.4, 0.5) is 5.82 Å². The molecule has 0 spiro atoms. The van der Waals surface area contributed by atoms with E-state index in [1.165, 1.54) is 7.11 Å². The lowest BCUT2D eigenvalue weighted by atomic mass is 10.1. The number of nitriles is 1. The number of pyridine rings is 1. The van der Waals surface area contributed by atoms with Gasteiger partial charge in [-0.15, -0.1) is 0 Å². The number of methoxy groups -OCH3 is 2. The largest absolute Gasteiger partial charge is 0.465 e. The molecule has 0 aliphatic heterocycles. The zero-order valence-electron chi connectivity index (χ0n) is 14.9. The number of esters is 1. The molecule has 1 heterocycles. The summed E-state index contributed by atoms with van der Waals surface area (Å²) in [5.74, 6) is 0.0325. The van der Waals surface area contributed by atoms with Crippen LogP contribution in [0.5, 0.6) is 0 Å². The van der Waals surface area contributed by atoms with Gasteiger partial charge in [0, 0.05) is 31.0 Å². The highest BCUT2D eigenvalue weighted by Gasteiger charge is 2.10. The van der Waals surface area contributed by atoms with E-state index in [1.807, 2.05) is 25.1 Å². The highest BCUT2D eigenvalue weighted by atomic mass is 16.5. The Kier molecular flexibility index (Phi) is 6.83. The molecule has 0 saturated heterocycles. The van der Waals surface area contributed by atoms with Crippen LogP contribution in [0.3, 0.4) is 0 Å². The van der Waals surface area contributed by atoms with Gasteiger partial charge in [0.1, 0.15) is 11.6 Å². The summed E-state index contributed by atoms with van der Waals surface area (Å²) in [5.41, 5.74) is 6.25. The van der Waals surface area contributed by atoms with E-state index in [1.54, 1.807) is 25.5 Å². The zero-order valence-corrected chi connectivity index (χ0v) is 14.9. The summed E-state index contributed by atoms with van der Waals surface area (Å²) < 4.78 is 9.78. The Morgan fingerprint density at radius 1 is 1.35 bits per heavy atom. The number of aromatic nitrogens is 1. The van der Waals surface area contributed by atoms with Crippen molar-refractivity contribution >= 4 is 18.0 Å². The second-order valence-corrected chi connectivity index (χ2v) is 5.51. The molecule has 0 fully saturated rings. The fourth-order valence-corrected chi connectivity index (χ4v) is 2.37. The fourth-order valence-electron chi connectivity index (χ4n) is 2.37. The van der Waals surface area contributed by atoms with E-state index >= 15 is 0 Å². The Morgan fingerprint density at radius 2 is 2.08 bits per heavy atom. The van der Waals surface area contributed by atoms with Crippen LogP contribution in [0.25, 0.3) is 0 Å². The van der Waals surface area contributed by atoms with Gasteiger partial charge in [-0.3, -0.25) is 5.43 Å². The Balaban J connectivity index is 2.04. The number of nitrogens with zero attached hydrogens (tertiary/aromatic N) is 3. The number of carbonyl (C=O) groups is 1. The third-order valence-corrected chi connectivity index (χ3v) is 3.60. The second-order valence-electron chi connectivity index (χ2n) is 5.51. The van der Waals surface area contributed by atoms with Gasteiger partial charge >= 0.3 is 5.97 Å². The van der Waals surface area contributed by atoms with Crippen molar-refractivity contribution in [3.8, 4) is 6.07 Å². The molecule has 0 unspecified atom stereocenters. The average Bonchev–Trinajstić information content (AvgIpc) is 2.65. The first kappa shape index (κ1) is 19.1. The minimum absolute atomic E-state index is 0.331. The number of benzene rings is 1. The normalized spacial score (nSPS) is 10.5. The van der Waals surface area contributed by atoms with E-state index in [4.69, 9.17) is 4.74 Å². The summed E-state index contributed by atoms with van der Waals surface area (Å²) in [4.78, 5) is 15.7. The van der Waals surface area contributed by atoms with Gasteiger partial charge in [-0.25, -0.2) is 9.78 Å². The summed E-state index contributed by atoms with van der Waals surface area (Å²) in [6, 6.07) is 11.0. The SMILES string of the molecule is COCc1cc(C)nc(N/N=C\Cc2ccc(C(=O)OC)cc2)c1C#N. The molecule has 0 aliphatic carbocycles. The van der Waals surface area contributed by atoms with Crippen LogP contribution in [-0.2, 0) is 22.5 Å². The van der Waals surface area contributed by atoms with E-state index in [2.05, 4.69) is 26.3 Å². The van der Waals surface area contributed by atoms with Gasteiger partial charge in [0.2, 0.25) is 0 Å². The van der Waals surface area contributed by atoms with Gasteiger partial charge < -0.3 is 9.47 Å². The van der Waals surface area contributed by atoms with E-state index < -0.39 is 0 Å². The summed E-state index contributed by atoms with van der Waals surface area (Å²) in [6.45, 7) is 2.18.